The number of hydrogen-bond donors (Lipinski definition) is 2. The second kappa shape index (κ2) is 7.48. The van der Waals surface area contributed by atoms with Crippen LogP contribution >= 0.6 is 0 Å². The Morgan fingerprint density at radius 2 is 1.86 bits per heavy atom. The fourth-order valence-corrected chi connectivity index (χ4v) is 7.95. The zero-order valence-corrected chi connectivity index (χ0v) is 19.1. The summed E-state index contributed by atoms with van der Waals surface area (Å²) in [4.78, 5) is 13.1. The number of carbonyl (C=O) groups is 1. The molecule has 2 N–H and O–H groups in total. The van der Waals surface area contributed by atoms with Gasteiger partial charge in [0.25, 0.3) is 0 Å². The van der Waals surface area contributed by atoms with Crippen molar-refractivity contribution in [2.45, 2.75) is 116 Å². The third-order valence-corrected chi connectivity index (χ3v) is 9.53. The molecule has 0 aliphatic heterocycles. The number of fused-ring (bicyclic) bond motifs is 4. The predicted molar refractivity (Wildman–Crippen MR) is 116 cm³/mol. The molecule has 3 heteroatoms. The molecule has 3 saturated carbocycles. The Hall–Kier alpha value is -0.670. The van der Waals surface area contributed by atoms with Gasteiger partial charge in [0.15, 0.2) is 0 Å². The Labute approximate surface area is 177 Å². The fraction of sp³-hybridized carbons (Fsp3) is 0.885. The molecule has 0 heterocycles. The van der Waals surface area contributed by atoms with Gasteiger partial charge in [-0.15, -0.1) is 0 Å². The van der Waals surface area contributed by atoms with Crippen LogP contribution in [0.1, 0.15) is 105 Å². The van der Waals surface area contributed by atoms with E-state index in [1.54, 1.807) is 5.57 Å². The molecule has 0 saturated heterocycles. The highest BCUT2D eigenvalue weighted by molar-refractivity contribution is 5.86. The van der Waals surface area contributed by atoms with E-state index in [0.717, 1.165) is 38.5 Å². The summed E-state index contributed by atoms with van der Waals surface area (Å²) in [5.41, 5.74) is 2.65. The quantitative estimate of drug-likeness (QED) is 0.590. The first-order valence-electron chi connectivity index (χ1n) is 12.2. The van der Waals surface area contributed by atoms with Gasteiger partial charge in [-0.3, -0.25) is 4.79 Å². The zero-order valence-electron chi connectivity index (χ0n) is 19.1. The molecule has 0 bridgehead atoms. The minimum absolute atomic E-state index is 0.0676. The van der Waals surface area contributed by atoms with Crippen LogP contribution < -0.4 is 0 Å². The summed E-state index contributed by atoms with van der Waals surface area (Å²) in [7, 11) is 0. The van der Waals surface area contributed by atoms with E-state index in [1.165, 1.54) is 37.7 Å². The second-order valence-electron chi connectivity index (χ2n) is 11.9. The average Bonchev–Trinajstić information content (AvgIpc) is 2.98. The summed E-state index contributed by atoms with van der Waals surface area (Å²) >= 11 is 0. The largest absolute Gasteiger partial charge is 0.393 e. The van der Waals surface area contributed by atoms with Gasteiger partial charge in [-0.2, -0.15) is 0 Å². The van der Waals surface area contributed by atoms with E-state index in [2.05, 4.69) is 13.8 Å². The number of aliphatic hydroxyl groups excluding tert-OH is 1. The predicted octanol–water partition coefficient (Wildman–Crippen LogP) is 5.58. The van der Waals surface area contributed by atoms with Crippen molar-refractivity contribution < 1.29 is 15.0 Å². The van der Waals surface area contributed by atoms with Gasteiger partial charge in [-0.05, 0) is 94.3 Å². The molecular weight excluding hydrogens is 360 g/mol. The van der Waals surface area contributed by atoms with Crippen molar-refractivity contribution in [3.05, 3.63) is 11.1 Å². The third-order valence-electron chi connectivity index (χ3n) is 9.53. The lowest BCUT2D eigenvalue weighted by molar-refractivity contribution is -0.133. The van der Waals surface area contributed by atoms with Gasteiger partial charge in [-0.1, -0.05) is 37.8 Å². The fourth-order valence-electron chi connectivity index (χ4n) is 7.95. The van der Waals surface area contributed by atoms with E-state index >= 15 is 0 Å². The molecule has 0 aromatic carbocycles. The summed E-state index contributed by atoms with van der Waals surface area (Å²) < 4.78 is 0. The number of ketones is 1. The Balaban J connectivity index is 1.56. The summed E-state index contributed by atoms with van der Waals surface area (Å²) in [6, 6.07) is 0. The lowest BCUT2D eigenvalue weighted by Gasteiger charge is -2.55. The van der Waals surface area contributed by atoms with Crippen molar-refractivity contribution in [2.24, 2.45) is 28.6 Å². The Kier molecular flexibility index (Phi) is 5.56. The van der Waals surface area contributed by atoms with Crippen LogP contribution in [0, 0.1) is 28.6 Å². The van der Waals surface area contributed by atoms with E-state index in [4.69, 9.17) is 0 Å². The molecule has 3 nitrogen and oxygen atoms in total. The second-order valence-corrected chi connectivity index (χ2v) is 11.9. The normalized spacial score (nSPS) is 41.0. The van der Waals surface area contributed by atoms with E-state index in [0.29, 0.717) is 30.0 Å². The highest BCUT2D eigenvalue weighted by atomic mass is 16.3. The molecule has 0 spiro atoms. The number of allylic oxidation sites excluding steroid dienone is 2. The average molecular weight is 403 g/mol. The summed E-state index contributed by atoms with van der Waals surface area (Å²) in [6.07, 6.45) is 12.1. The van der Waals surface area contributed by atoms with Crippen LogP contribution in [0.2, 0.25) is 0 Å². The Bertz CT molecular complexity index is 687. The van der Waals surface area contributed by atoms with Gasteiger partial charge in [0.1, 0.15) is 5.78 Å². The van der Waals surface area contributed by atoms with Crippen LogP contribution in [0.15, 0.2) is 11.1 Å². The highest BCUT2D eigenvalue weighted by Gasteiger charge is 2.57. The van der Waals surface area contributed by atoms with Crippen LogP contribution in [-0.4, -0.2) is 27.7 Å². The molecule has 0 aromatic rings. The van der Waals surface area contributed by atoms with Crippen LogP contribution in [0.3, 0.4) is 0 Å². The molecule has 29 heavy (non-hydrogen) atoms. The van der Waals surface area contributed by atoms with Gasteiger partial charge < -0.3 is 10.2 Å². The Morgan fingerprint density at radius 3 is 2.59 bits per heavy atom. The monoisotopic (exact) mass is 402 g/mol. The van der Waals surface area contributed by atoms with Crippen molar-refractivity contribution in [2.75, 3.05) is 0 Å². The van der Waals surface area contributed by atoms with E-state index in [1.807, 2.05) is 13.8 Å². The van der Waals surface area contributed by atoms with Crippen molar-refractivity contribution in [3.63, 3.8) is 0 Å². The molecule has 4 rings (SSSR count). The maximum Gasteiger partial charge on any atom is 0.140 e. The third kappa shape index (κ3) is 3.65. The van der Waals surface area contributed by atoms with Crippen molar-refractivity contribution in [1.29, 1.82) is 0 Å². The van der Waals surface area contributed by atoms with E-state index < -0.39 is 5.60 Å². The van der Waals surface area contributed by atoms with Gasteiger partial charge in [0.2, 0.25) is 0 Å². The van der Waals surface area contributed by atoms with Gasteiger partial charge >= 0.3 is 0 Å². The maximum atomic E-state index is 13.1. The first-order valence-corrected chi connectivity index (χ1v) is 12.2. The number of hydrogen-bond acceptors (Lipinski definition) is 3. The SMILES string of the molecule is CC(C)(O)CCCC(O)C1CCC2=C3CC(=O)C4CCCCC4(C)C3CCC21C. The summed E-state index contributed by atoms with van der Waals surface area (Å²) in [6.45, 7) is 8.49. The first-order chi connectivity index (χ1) is 13.6. The van der Waals surface area contributed by atoms with E-state index in [9.17, 15) is 15.0 Å². The van der Waals surface area contributed by atoms with Crippen molar-refractivity contribution >= 4 is 5.78 Å². The maximum absolute atomic E-state index is 13.1. The molecule has 3 fully saturated rings. The van der Waals surface area contributed by atoms with Gasteiger partial charge in [-0.25, -0.2) is 0 Å². The molecule has 6 atom stereocenters. The number of Topliss-reactive ketones (excluding diaryl/α,β-unsaturated/α-hetero) is 1. The van der Waals surface area contributed by atoms with Crippen LogP contribution in [0.25, 0.3) is 0 Å². The van der Waals surface area contributed by atoms with Gasteiger partial charge in [0.05, 0.1) is 11.7 Å². The number of aliphatic hydroxyl groups is 2. The molecule has 4 aliphatic rings. The minimum atomic E-state index is -0.654. The molecule has 4 aliphatic carbocycles. The molecule has 164 valence electrons. The highest BCUT2D eigenvalue weighted by Crippen LogP contribution is 2.64. The minimum Gasteiger partial charge on any atom is -0.393 e. The number of rotatable bonds is 5. The van der Waals surface area contributed by atoms with Crippen molar-refractivity contribution in [3.8, 4) is 0 Å². The molecule has 0 radical (unpaired) electrons. The smallest absolute Gasteiger partial charge is 0.140 e. The molecule has 0 aromatic heterocycles. The van der Waals surface area contributed by atoms with Crippen LogP contribution in [0.4, 0.5) is 0 Å². The standard InChI is InChI=1S/C26H42O3/c1-24(2,29)13-7-9-22(27)21-11-10-18-17-16-23(28)20-8-5-6-14-25(20,3)19(17)12-15-26(18,21)4/h19-22,27,29H,5-16H2,1-4H3. The molecular formula is C26H42O3. The zero-order chi connectivity index (χ0) is 21.0. The lowest BCUT2D eigenvalue weighted by atomic mass is 9.49. The number of carbonyl (C=O) groups excluding carboxylic acids is 1. The van der Waals surface area contributed by atoms with E-state index in [-0.39, 0.29) is 16.9 Å². The first kappa shape index (κ1) is 21.6. The Morgan fingerprint density at radius 1 is 1.10 bits per heavy atom. The van der Waals surface area contributed by atoms with Crippen LogP contribution in [0.5, 0.6) is 0 Å². The topological polar surface area (TPSA) is 57.5 Å². The van der Waals surface area contributed by atoms with Crippen molar-refractivity contribution in [1.82, 2.24) is 0 Å². The summed E-state index contributed by atoms with van der Waals surface area (Å²) in [5.74, 6) is 1.70. The lowest BCUT2D eigenvalue weighted by Crippen LogP contribution is -2.50. The van der Waals surface area contributed by atoms with Gasteiger partial charge in [0, 0.05) is 12.3 Å². The molecule has 0 amide bonds. The summed E-state index contributed by atoms with van der Waals surface area (Å²) in [5, 5.41) is 21.1. The molecule has 6 unspecified atom stereocenters. The van der Waals surface area contributed by atoms with Crippen LogP contribution in [-0.2, 0) is 4.79 Å².